The summed E-state index contributed by atoms with van der Waals surface area (Å²) in [5.41, 5.74) is 0. The first-order chi connectivity index (χ1) is 10.2. The summed E-state index contributed by atoms with van der Waals surface area (Å²) in [5.74, 6) is 0.763. The van der Waals surface area contributed by atoms with Crippen LogP contribution in [0.15, 0.2) is 0 Å². The Bertz CT molecular complexity index is 408. The molecule has 2 unspecified atom stereocenters. The average molecular weight is 293 g/mol. The van der Waals surface area contributed by atoms with Crippen molar-refractivity contribution in [2.24, 2.45) is 5.92 Å². The normalized spacial score (nSPS) is 31.4. The Morgan fingerprint density at radius 2 is 2.00 bits per heavy atom. The maximum absolute atomic E-state index is 12.4. The third-order valence-electron chi connectivity index (χ3n) is 5.47. The van der Waals surface area contributed by atoms with Crippen molar-refractivity contribution in [3.05, 3.63) is 0 Å². The molecule has 1 N–H and O–H groups in total. The van der Waals surface area contributed by atoms with Crippen LogP contribution in [0.5, 0.6) is 0 Å². The SMILES string of the molecule is CN(C(=O)C1CCC1)C1CCCN(C2CCCNC2=O)C1. The highest BCUT2D eigenvalue weighted by atomic mass is 16.2. The van der Waals surface area contributed by atoms with Crippen molar-refractivity contribution < 1.29 is 9.59 Å². The Hall–Kier alpha value is -1.10. The van der Waals surface area contributed by atoms with Crippen LogP contribution >= 0.6 is 0 Å². The van der Waals surface area contributed by atoms with Crippen LogP contribution in [0.25, 0.3) is 0 Å². The van der Waals surface area contributed by atoms with E-state index in [0.717, 1.165) is 58.2 Å². The summed E-state index contributed by atoms with van der Waals surface area (Å²) >= 11 is 0. The smallest absolute Gasteiger partial charge is 0.237 e. The fourth-order valence-electron chi connectivity index (χ4n) is 3.81. The molecule has 2 heterocycles. The minimum atomic E-state index is 0.0220. The van der Waals surface area contributed by atoms with E-state index in [0.29, 0.717) is 5.91 Å². The maximum Gasteiger partial charge on any atom is 0.237 e. The van der Waals surface area contributed by atoms with Crippen LogP contribution in [0.3, 0.4) is 0 Å². The van der Waals surface area contributed by atoms with Crippen LogP contribution in [0.1, 0.15) is 44.9 Å². The van der Waals surface area contributed by atoms with Crippen LogP contribution in [0.4, 0.5) is 0 Å². The van der Waals surface area contributed by atoms with Gasteiger partial charge in [0.05, 0.1) is 6.04 Å². The molecule has 3 rings (SSSR count). The van der Waals surface area contributed by atoms with Crippen LogP contribution in [0, 0.1) is 5.92 Å². The van der Waals surface area contributed by atoms with Crippen LogP contribution < -0.4 is 5.32 Å². The number of likely N-dealkylation sites (N-methyl/N-ethyl adjacent to an activating group) is 1. The quantitative estimate of drug-likeness (QED) is 0.844. The lowest BCUT2D eigenvalue weighted by molar-refractivity contribution is -0.140. The molecule has 3 fully saturated rings. The monoisotopic (exact) mass is 293 g/mol. The van der Waals surface area contributed by atoms with E-state index in [2.05, 4.69) is 10.2 Å². The molecule has 0 radical (unpaired) electrons. The summed E-state index contributed by atoms with van der Waals surface area (Å²) in [6.45, 7) is 2.65. The highest BCUT2D eigenvalue weighted by Gasteiger charge is 2.36. The van der Waals surface area contributed by atoms with Gasteiger partial charge in [-0.1, -0.05) is 6.42 Å². The third kappa shape index (κ3) is 3.07. The number of rotatable bonds is 3. The van der Waals surface area contributed by atoms with Gasteiger partial charge in [0, 0.05) is 32.1 Å². The number of amides is 2. The molecule has 0 spiro atoms. The van der Waals surface area contributed by atoms with E-state index in [9.17, 15) is 9.59 Å². The predicted molar refractivity (Wildman–Crippen MR) is 80.7 cm³/mol. The first-order valence-electron chi connectivity index (χ1n) is 8.45. The van der Waals surface area contributed by atoms with Crippen molar-refractivity contribution in [2.75, 3.05) is 26.7 Å². The van der Waals surface area contributed by atoms with Crippen molar-refractivity contribution in [2.45, 2.75) is 57.0 Å². The Labute approximate surface area is 127 Å². The van der Waals surface area contributed by atoms with Crippen molar-refractivity contribution in [1.82, 2.24) is 15.1 Å². The molecule has 0 aromatic rings. The first kappa shape index (κ1) is 14.8. The third-order valence-corrected chi connectivity index (χ3v) is 5.47. The van der Waals surface area contributed by atoms with Crippen LogP contribution in [0.2, 0.25) is 0 Å². The maximum atomic E-state index is 12.4. The van der Waals surface area contributed by atoms with Crippen molar-refractivity contribution in [3.8, 4) is 0 Å². The van der Waals surface area contributed by atoms with Gasteiger partial charge in [-0.3, -0.25) is 14.5 Å². The van der Waals surface area contributed by atoms with Gasteiger partial charge in [-0.2, -0.15) is 0 Å². The van der Waals surface area contributed by atoms with E-state index in [1.165, 1.54) is 6.42 Å². The number of piperidine rings is 2. The molecule has 2 aliphatic heterocycles. The van der Waals surface area contributed by atoms with Gasteiger partial charge >= 0.3 is 0 Å². The summed E-state index contributed by atoms with van der Waals surface area (Å²) in [4.78, 5) is 28.7. The second-order valence-corrected chi connectivity index (χ2v) is 6.82. The van der Waals surface area contributed by atoms with Gasteiger partial charge in [0.1, 0.15) is 0 Å². The standard InChI is InChI=1S/C16H27N3O2/c1-18(16(21)12-5-2-6-12)13-7-4-10-19(11-13)14-8-3-9-17-15(14)20/h12-14H,2-11H2,1H3,(H,17,20). The fourth-order valence-corrected chi connectivity index (χ4v) is 3.81. The van der Waals surface area contributed by atoms with E-state index in [1.807, 2.05) is 11.9 Å². The molecule has 5 nitrogen and oxygen atoms in total. The number of nitrogens with one attached hydrogen (secondary N) is 1. The van der Waals surface area contributed by atoms with E-state index >= 15 is 0 Å². The van der Waals surface area contributed by atoms with E-state index in [-0.39, 0.29) is 23.9 Å². The zero-order valence-corrected chi connectivity index (χ0v) is 13.0. The Balaban J connectivity index is 1.59. The molecule has 5 heteroatoms. The van der Waals surface area contributed by atoms with Gasteiger partial charge in [-0.25, -0.2) is 0 Å². The number of nitrogens with zero attached hydrogens (tertiary/aromatic N) is 2. The summed E-state index contributed by atoms with van der Waals surface area (Å²) in [5, 5.41) is 2.97. The fraction of sp³-hybridized carbons (Fsp3) is 0.875. The lowest BCUT2D eigenvalue weighted by atomic mass is 9.84. The number of carbonyl (C=O) groups is 2. The molecule has 118 valence electrons. The zero-order valence-electron chi connectivity index (χ0n) is 13.0. The molecule has 0 bridgehead atoms. The number of hydrogen-bond acceptors (Lipinski definition) is 3. The highest BCUT2D eigenvalue weighted by molar-refractivity contribution is 5.82. The van der Waals surface area contributed by atoms with Crippen LogP contribution in [-0.2, 0) is 9.59 Å². The molecular formula is C16H27N3O2. The van der Waals surface area contributed by atoms with Gasteiger partial charge < -0.3 is 10.2 Å². The molecule has 21 heavy (non-hydrogen) atoms. The second kappa shape index (κ2) is 6.34. The molecule has 2 atom stereocenters. The summed E-state index contributed by atoms with van der Waals surface area (Å²) in [6.07, 6.45) is 7.49. The Morgan fingerprint density at radius 1 is 1.19 bits per heavy atom. The molecular weight excluding hydrogens is 266 g/mol. The minimum absolute atomic E-state index is 0.0220. The largest absolute Gasteiger partial charge is 0.355 e. The van der Waals surface area contributed by atoms with Crippen molar-refractivity contribution in [1.29, 1.82) is 0 Å². The molecule has 1 aliphatic carbocycles. The van der Waals surface area contributed by atoms with E-state index in [4.69, 9.17) is 0 Å². The molecule has 2 saturated heterocycles. The van der Waals surface area contributed by atoms with Crippen LogP contribution in [-0.4, -0.2) is 60.4 Å². The zero-order chi connectivity index (χ0) is 14.8. The number of carbonyl (C=O) groups excluding carboxylic acids is 2. The molecule has 1 saturated carbocycles. The summed E-state index contributed by atoms with van der Waals surface area (Å²) in [6, 6.07) is 0.301. The minimum Gasteiger partial charge on any atom is -0.355 e. The lowest BCUT2D eigenvalue weighted by Gasteiger charge is -2.43. The molecule has 0 aromatic carbocycles. The Morgan fingerprint density at radius 3 is 2.67 bits per heavy atom. The van der Waals surface area contributed by atoms with Gasteiger partial charge in [0.25, 0.3) is 0 Å². The van der Waals surface area contributed by atoms with E-state index in [1.54, 1.807) is 0 Å². The van der Waals surface area contributed by atoms with Gasteiger partial charge in [0.2, 0.25) is 11.8 Å². The van der Waals surface area contributed by atoms with Crippen molar-refractivity contribution in [3.63, 3.8) is 0 Å². The Kier molecular flexibility index (Phi) is 4.48. The molecule has 2 amide bonds. The van der Waals surface area contributed by atoms with Gasteiger partial charge in [0.15, 0.2) is 0 Å². The molecule has 3 aliphatic rings. The first-order valence-corrected chi connectivity index (χ1v) is 8.45. The summed E-state index contributed by atoms with van der Waals surface area (Å²) in [7, 11) is 1.95. The van der Waals surface area contributed by atoms with Crippen molar-refractivity contribution >= 4 is 11.8 Å². The summed E-state index contributed by atoms with van der Waals surface area (Å²) < 4.78 is 0. The predicted octanol–water partition coefficient (Wildman–Crippen LogP) is 0.988. The number of hydrogen-bond donors (Lipinski definition) is 1. The highest BCUT2D eigenvalue weighted by Crippen LogP contribution is 2.30. The second-order valence-electron chi connectivity index (χ2n) is 6.82. The van der Waals surface area contributed by atoms with Gasteiger partial charge in [-0.15, -0.1) is 0 Å². The average Bonchev–Trinajstić information content (AvgIpc) is 2.45. The topological polar surface area (TPSA) is 52.7 Å². The molecule has 0 aromatic heterocycles. The lowest BCUT2D eigenvalue weighted by Crippen LogP contribution is -2.57. The van der Waals surface area contributed by atoms with E-state index < -0.39 is 0 Å². The van der Waals surface area contributed by atoms with Gasteiger partial charge in [-0.05, 0) is 45.1 Å². The number of likely N-dealkylation sites (tertiary alicyclic amines) is 1.